The Balaban J connectivity index is 2.54. The van der Waals surface area contributed by atoms with Crippen LogP contribution in [0.25, 0.3) is 0 Å². The molecule has 1 unspecified atom stereocenters. The number of benzene rings is 1. The molecule has 1 atom stereocenters. The third kappa shape index (κ3) is 9.41. The molecule has 0 spiro atoms. The van der Waals surface area contributed by atoms with E-state index in [2.05, 4.69) is 13.8 Å². The first kappa shape index (κ1) is 22.2. The van der Waals surface area contributed by atoms with Crippen LogP contribution in [0.3, 0.4) is 0 Å². The lowest BCUT2D eigenvalue weighted by atomic mass is 9.88. The van der Waals surface area contributed by atoms with E-state index in [4.69, 9.17) is 4.55 Å². The fraction of sp³-hybridized carbons (Fsp3) is 0.714. The van der Waals surface area contributed by atoms with E-state index in [9.17, 15) is 8.42 Å². The summed E-state index contributed by atoms with van der Waals surface area (Å²) >= 11 is 0. The maximum absolute atomic E-state index is 11.2. The molecule has 0 amide bonds. The summed E-state index contributed by atoms with van der Waals surface area (Å²) < 4.78 is 31.5. The van der Waals surface area contributed by atoms with Crippen LogP contribution in [-0.4, -0.2) is 13.0 Å². The maximum Gasteiger partial charge on any atom is 0.294 e. The van der Waals surface area contributed by atoms with Crippen molar-refractivity contribution in [2.24, 2.45) is 0 Å². The van der Waals surface area contributed by atoms with Crippen LogP contribution in [0, 0.1) is 0 Å². The van der Waals surface area contributed by atoms with Crippen molar-refractivity contribution in [2.75, 3.05) is 0 Å². The van der Waals surface area contributed by atoms with E-state index in [-0.39, 0.29) is 4.90 Å². The highest BCUT2D eigenvalue weighted by molar-refractivity contribution is 7.85. The third-order valence-corrected chi connectivity index (χ3v) is 5.83. The second-order valence-corrected chi connectivity index (χ2v) is 8.57. The zero-order chi connectivity index (χ0) is 18.5. The summed E-state index contributed by atoms with van der Waals surface area (Å²) in [7, 11) is -4.10. The van der Waals surface area contributed by atoms with Crippen LogP contribution in [-0.2, 0) is 10.1 Å². The van der Waals surface area contributed by atoms with Crippen LogP contribution < -0.4 is 0 Å². The Morgan fingerprint density at radius 2 is 1.20 bits per heavy atom. The van der Waals surface area contributed by atoms with Gasteiger partial charge < -0.3 is 0 Å². The Bertz CT molecular complexity index is 549. The van der Waals surface area contributed by atoms with Gasteiger partial charge in [0.05, 0.1) is 4.90 Å². The van der Waals surface area contributed by atoms with E-state index in [0.717, 1.165) is 6.42 Å². The molecule has 0 saturated heterocycles. The van der Waals surface area contributed by atoms with E-state index in [1.807, 2.05) is 12.1 Å². The number of hydrogen-bond donors (Lipinski definition) is 1. The van der Waals surface area contributed by atoms with Gasteiger partial charge in [0.2, 0.25) is 0 Å². The molecule has 0 aliphatic carbocycles. The summed E-state index contributed by atoms with van der Waals surface area (Å²) in [6, 6.07) is 6.81. The van der Waals surface area contributed by atoms with Gasteiger partial charge in [0, 0.05) is 0 Å². The number of hydrogen-bond acceptors (Lipinski definition) is 2. The van der Waals surface area contributed by atoms with Crippen molar-refractivity contribution in [3.63, 3.8) is 0 Å². The summed E-state index contributed by atoms with van der Waals surface area (Å²) in [6.07, 6.45) is 15.2. The van der Waals surface area contributed by atoms with Gasteiger partial charge in [-0.05, 0) is 36.5 Å². The molecular weight excluding hydrogens is 332 g/mol. The van der Waals surface area contributed by atoms with Gasteiger partial charge in [-0.25, -0.2) is 0 Å². The third-order valence-electron chi connectivity index (χ3n) is 4.96. The van der Waals surface area contributed by atoms with Crippen LogP contribution >= 0.6 is 0 Å². The van der Waals surface area contributed by atoms with E-state index in [1.54, 1.807) is 0 Å². The SMILES string of the molecule is CCCCCCCCCC(CCCCC)c1ccc(S(=O)(=O)O)cc1. The van der Waals surface area contributed by atoms with Crippen LogP contribution in [0.2, 0.25) is 0 Å². The first-order chi connectivity index (χ1) is 12.0. The molecule has 0 heterocycles. The van der Waals surface area contributed by atoms with E-state index < -0.39 is 10.1 Å². The molecule has 4 heteroatoms. The summed E-state index contributed by atoms with van der Waals surface area (Å²) in [4.78, 5) is -0.0144. The highest BCUT2D eigenvalue weighted by atomic mass is 32.2. The van der Waals surface area contributed by atoms with Crippen LogP contribution in [0.1, 0.15) is 102 Å². The van der Waals surface area contributed by atoms with Gasteiger partial charge in [0.15, 0.2) is 0 Å². The molecule has 0 saturated carbocycles. The Hall–Kier alpha value is -0.870. The molecule has 25 heavy (non-hydrogen) atoms. The molecule has 0 aliphatic rings. The largest absolute Gasteiger partial charge is 0.294 e. The number of unbranched alkanes of at least 4 members (excludes halogenated alkanes) is 8. The fourth-order valence-corrected chi connectivity index (χ4v) is 3.86. The van der Waals surface area contributed by atoms with Gasteiger partial charge >= 0.3 is 0 Å². The number of rotatable bonds is 14. The van der Waals surface area contributed by atoms with Crippen LogP contribution in [0.5, 0.6) is 0 Å². The summed E-state index contributed by atoms with van der Waals surface area (Å²) in [6.45, 7) is 4.46. The smallest absolute Gasteiger partial charge is 0.282 e. The molecule has 144 valence electrons. The monoisotopic (exact) mass is 368 g/mol. The van der Waals surface area contributed by atoms with Gasteiger partial charge in [-0.2, -0.15) is 8.42 Å². The molecule has 1 aromatic rings. The minimum absolute atomic E-state index is 0.0144. The molecule has 0 aliphatic heterocycles. The van der Waals surface area contributed by atoms with Gasteiger partial charge in [-0.15, -0.1) is 0 Å². The van der Waals surface area contributed by atoms with E-state index >= 15 is 0 Å². The van der Waals surface area contributed by atoms with Crippen molar-refractivity contribution in [1.82, 2.24) is 0 Å². The van der Waals surface area contributed by atoms with Crippen molar-refractivity contribution in [3.8, 4) is 0 Å². The van der Waals surface area contributed by atoms with Crippen molar-refractivity contribution in [2.45, 2.75) is 102 Å². The normalized spacial score (nSPS) is 13.1. The molecule has 0 bridgehead atoms. The van der Waals surface area contributed by atoms with Gasteiger partial charge in [-0.3, -0.25) is 4.55 Å². The second-order valence-electron chi connectivity index (χ2n) is 7.15. The average molecular weight is 369 g/mol. The molecular formula is C21H36O3S. The standard InChI is InChI=1S/C21H36O3S/c1-3-5-7-8-9-10-12-14-19(13-11-6-4-2)20-15-17-21(18-16-20)25(22,23)24/h15-19H,3-14H2,1-2H3,(H,22,23,24). The topological polar surface area (TPSA) is 54.4 Å². The van der Waals surface area contributed by atoms with Crippen LogP contribution in [0.4, 0.5) is 0 Å². The molecule has 1 aromatic carbocycles. The average Bonchev–Trinajstić information content (AvgIpc) is 2.59. The minimum Gasteiger partial charge on any atom is -0.282 e. The first-order valence-electron chi connectivity index (χ1n) is 10.1. The zero-order valence-electron chi connectivity index (χ0n) is 16.0. The van der Waals surface area contributed by atoms with Crippen molar-refractivity contribution < 1.29 is 13.0 Å². The van der Waals surface area contributed by atoms with Gasteiger partial charge in [0.25, 0.3) is 10.1 Å². The second kappa shape index (κ2) is 12.5. The Labute approximate surface area is 155 Å². The highest BCUT2D eigenvalue weighted by Crippen LogP contribution is 2.29. The Morgan fingerprint density at radius 3 is 1.72 bits per heavy atom. The minimum atomic E-state index is -4.10. The maximum atomic E-state index is 11.2. The molecule has 0 aromatic heterocycles. The summed E-state index contributed by atoms with van der Waals surface area (Å²) in [5.41, 5.74) is 1.20. The Kier molecular flexibility index (Phi) is 11.1. The summed E-state index contributed by atoms with van der Waals surface area (Å²) in [5.74, 6) is 0.498. The van der Waals surface area contributed by atoms with E-state index in [0.29, 0.717) is 5.92 Å². The Morgan fingerprint density at radius 1 is 0.760 bits per heavy atom. The lowest BCUT2D eigenvalue weighted by Gasteiger charge is -2.18. The van der Waals surface area contributed by atoms with Crippen LogP contribution in [0.15, 0.2) is 29.2 Å². The highest BCUT2D eigenvalue weighted by Gasteiger charge is 2.14. The lowest BCUT2D eigenvalue weighted by molar-refractivity contribution is 0.482. The van der Waals surface area contributed by atoms with E-state index in [1.165, 1.54) is 88.3 Å². The predicted octanol–water partition coefficient (Wildman–Crippen LogP) is 6.74. The fourth-order valence-electron chi connectivity index (χ4n) is 3.38. The quantitative estimate of drug-likeness (QED) is 0.292. The lowest BCUT2D eigenvalue weighted by Crippen LogP contribution is -2.02. The van der Waals surface area contributed by atoms with Gasteiger partial charge in [0.1, 0.15) is 0 Å². The summed E-state index contributed by atoms with van der Waals surface area (Å²) in [5, 5.41) is 0. The first-order valence-corrected chi connectivity index (χ1v) is 11.5. The molecule has 1 rings (SSSR count). The zero-order valence-corrected chi connectivity index (χ0v) is 16.9. The van der Waals surface area contributed by atoms with Crippen molar-refractivity contribution in [3.05, 3.63) is 29.8 Å². The molecule has 0 fully saturated rings. The van der Waals surface area contributed by atoms with Gasteiger partial charge in [-0.1, -0.05) is 90.2 Å². The molecule has 0 radical (unpaired) electrons. The molecule has 3 nitrogen and oxygen atoms in total. The predicted molar refractivity (Wildman–Crippen MR) is 106 cm³/mol. The van der Waals surface area contributed by atoms with Crippen molar-refractivity contribution >= 4 is 10.1 Å². The van der Waals surface area contributed by atoms with Crippen molar-refractivity contribution in [1.29, 1.82) is 0 Å². The molecule has 1 N–H and O–H groups in total.